The highest BCUT2D eigenvalue weighted by molar-refractivity contribution is 5.54. The molecule has 84 valence electrons. The molecule has 3 heterocycles. The molecule has 0 amide bonds. The average molecular weight is 216 g/mol. The Balaban J connectivity index is 1.68. The summed E-state index contributed by atoms with van der Waals surface area (Å²) in [6, 6.07) is 7.53. The third kappa shape index (κ3) is 1.22. The summed E-state index contributed by atoms with van der Waals surface area (Å²) in [5, 5.41) is 3.40. The summed E-state index contributed by atoms with van der Waals surface area (Å²) in [5.74, 6) is 0. The van der Waals surface area contributed by atoms with Crippen LogP contribution in [0.15, 0.2) is 18.2 Å². The molecule has 2 fully saturated rings. The molecular formula is C13H16N2O. The summed E-state index contributed by atoms with van der Waals surface area (Å²) in [6.07, 6.45) is 1.70. The number of anilines is 1. The van der Waals surface area contributed by atoms with E-state index in [1.54, 1.807) is 0 Å². The molecule has 4 rings (SSSR count). The maximum Gasteiger partial charge on any atom is 0.0771 e. The van der Waals surface area contributed by atoms with Crippen LogP contribution in [0.4, 0.5) is 5.69 Å². The second kappa shape index (κ2) is 3.22. The van der Waals surface area contributed by atoms with Crippen molar-refractivity contribution < 1.29 is 4.74 Å². The van der Waals surface area contributed by atoms with E-state index in [2.05, 4.69) is 28.4 Å². The van der Waals surface area contributed by atoms with Gasteiger partial charge in [-0.2, -0.15) is 0 Å². The highest BCUT2D eigenvalue weighted by Crippen LogP contribution is 2.33. The van der Waals surface area contributed by atoms with Crippen molar-refractivity contribution in [3.8, 4) is 0 Å². The lowest BCUT2D eigenvalue weighted by Crippen LogP contribution is -2.36. The van der Waals surface area contributed by atoms with Crippen molar-refractivity contribution in [2.24, 2.45) is 0 Å². The van der Waals surface area contributed by atoms with Gasteiger partial charge in [-0.15, -0.1) is 0 Å². The van der Waals surface area contributed by atoms with Gasteiger partial charge in [-0.3, -0.25) is 0 Å². The molecule has 2 saturated heterocycles. The predicted molar refractivity (Wildman–Crippen MR) is 62.5 cm³/mol. The molecule has 0 spiro atoms. The van der Waals surface area contributed by atoms with Gasteiger partial charge >= 0.3 is 0 Å². The Kier molecular flexibility index (Phi) is 1.81. The van der Waals surface area contributed by atoms with Crippen molar-refractivity contribution in [1.29, 1.82) is 0 Å². The number of ether oxygens (including phenoxy) is 1. The van der Waals surface area contributed by atoms with Crippen LogP contribution in [0.3, 0.4) is 0 Å². The van der Waals surface area contributed by atoms with Crippen LogP contribution in [-0.4, -0.2) is 25.3 Å². The maximum atomic E-state index is 5.64. The quantitative estimate of drug-likeness (QED) is 0.765. The number of benzene rings is 1. The molecule has 1 aromatic carbocycles. The molecule has 0 radical (unpaired) electrons. The van der Waals surface area contributed by atoms with Gasteiger partial charge in [0.1, 0.15) is 0 Å². The van der Waals surface area contributed by atoms with E-state index < -0.39 is 0 Å². The molecule has 2 atom stereocenters. The zero-order valence-electron chi connectivity index (χ0n) is 9.28. The van der Waals surface area contributed by atoms with Crippen molar-refractivity contribution in [3.05, 3.63) is 29.3 Å². The molecule has 2 bridgehead atoms. The van der Waals surface area contributed by atoms with E-state index in [0.29, 0.717) is 12.1 Å². The lowest BCUT2D eigenvalue weighted by molar-refractivity contribution is 0.0991. The van der Waals surface area contributed by atoms with Crippen LogP contribution < -0.4 is 10.2 Å². The van der Waals surface area contributed by atoms with Crippen LogP contribution in [0.1, 0.15) is 17.5 Å². The minimum atomic E-state index is 0.483. The molecule has 0 saturated carbocycles. The first kappa shape index (κ1) is 9.02. The Bertz CT molecular complexity index is 432. The van der Waals surface area contributed by atoms with E-state index in [1.807, 2.05) is 0 Å². The third-order valence-corrected chi connectivity index (χ3v) is 4.05. The van der Waals surface area contributed by atoms with E-state index in [9.17, 15) is 0 Å². The fourth-order valence-electron chi connectivity index (χ4n) is 3.18. The summed E-state index contributed by atoms with van der Waals surface area (Å²) in [6.45, 7) is 4.06. The first-order valence-corrected chi connectivity index (χ1v) is 6.11. The predicted octanol–water partition coefficient (Wildman–Crippen LogP) is 1.27. The SMILES string of the molecule is c1cc2c(cc1N1C[C@@H]3C[C@H]1CO3)CNC2. The second-order valence-electron chi connectivity index (χ2n) is 5.05. The summed E-state index contributed by atoms with van der Waals surface area (Å²) >= 11 is 0. The van der Waals surface area contributed by atoms with Gasteiger partial charge in [0.25, 0.3) is 0 Å². The van der Waals surface area contributed by atoms with Crippen molar-refractivity contribution in [3.63, 3.8) is 0 Å². The molecule has 1 N–H and O–H groups in total. The van der Waals surface area contributed by atoms with Crippen LogP contribution in [0, 0.1) is 0 Å². The van der Waals surface area contributed by atoms with E-state index in [-0.39, 0.29) is 0 Å². The number of morpholine rings is 1. The molecule has 3 nitrogen and oxygen atoms in total. The van der Waals surface area contributed by atoms with Crippen LogP contribution in [0.5, 0.6) is 0 Å². The van der Waals surface area contributed by atoms with E-state index in [1.165, 1.54) is 23.2 Å². The Morgan fingerprint density at radius 1 is 1.25 bits per heavy atom. The van der Waals surface area contributed by atoms with Crippen molar-refractivity contribution in [1.82, 2.24) is 5.32 Å². The fourth-order valence-corrected chi connectivity index (χ4v) is 3.18. The molecule has 0 aromatic heterocycles. The van der Waals surface area contributed by atoms with E-state index >= 15 is 0 Å². The number of nitrogens with one attached hydrogen (secondary N) is 1. The minimum absolute atomic E-state index is 0.483. The average Bonchev–Trinajstić information content (AvgIpc) is 3.03. The number of fused-ring (bicyclic) bond motifs is 3. The van der Waals surface area contributed by atoms with Crippen LogP contribution in [-0.2, 0) is 17.8 Å². The molecule has 16 heavy (non-hydrogen) atoms. The lowest BCUT2D eigenvalue weighted by atomic mass is 10.1. The molecular weight excluding hydrogens is 200 g/mol. The van der Waals surface area contributed by atoms with Gasteiger partial charge < -0.3 is 15.0 Å². The van der Waals surface area contributed by atoms with E-state index in [4.69, 9.17) is 4.74 Å². The van der Waals surface area contributed by atoms with Crippen molar-refractivity contribution >= 4 is 5.69 Å². The second-order valence-corrected chi connectivity index (χ2v) is 5.05. The Morgan fingerprint density at radius 3 is 3.00 bits per heavy atom. The monoisotopic (exact) mass is 216 g/mol. The smallest absolute Gasteiger partial charge is 0.0771 e. The zero-order chi connectivity index (χ0) is 10.5. The van der Waals surface area contributed by atoms with Gasteiger partial charge in [0.2, 0.25) is 0 Å². The van der Waals surface area contributed by atoms with Gasteiger partial charge in [-0.25, -0.2) is 0 Å². The standard InChI is InChI=1S/C13H16N2O/c1-2-11(3-10-6-14-5-9(1)10)15-7-13-4-12(15)8-16-13/h1-3,12-14H,4-8H2/t12-,13-/m0/s1. The maximum absolute atomic E-state index is 5.64. The molecule has 3 heteroatoms. The van der Waals surface area contributed by atoms with Gasteiger partial charge in [0, 0.05) is 25.3 Å². The fraction of sp³-hybridized carbons (Fsp3) is 0.538. The normalized spacial score (nSPS) is 31.1. The number of hydrogen-bond donors (Lipinski definition) is 1. The highest BCUT2D eigenvalue weighted by atomic mass is 16.5. The molecule has 3 aliphatic heterocycles. The molecule has 3 aliphatic rings. The first-order valence-electron chi connectivity index (χ1n) is 6.11. The van der Waals surface area contributed by atoms with Gasteiger partial charge in [-0.1, -0.05) is 6.07 Å². The van der Waals surface area contributed by atoms with Gasteiger partial charge in [-0.05, 0) is 29.7 Å². The first-order chi connectivity index (χ1) is 7.90. The largest absolute Gasteiger partial charge is 0.374 e. The topological polar surface area (TPSA) is 24.5 Å². The summed E-state index contributed by atoms with van der Waals surface area (Å²) in [5.41, 5.74) is 4.32. The Labute approximate surface area is 95.4 Å². The molecule has 0 aliphatic carbocycles. The molecule has 1 aromatic rings. The number of nitrogens with zero attached hydrogens (tertiary/aromatic N) is 1. The number of hydrogen-bond acceptors (Lipinski definition) is 3. The summed E-state index contributed by atoms with van der Waals surface area (Å²) < 4.78 is 5.64. The summed E-state index contributed by atoms with van der Waals surface area (Å²) in [4.78, 5) is 2.52. The summed E-state index contributed by atoms with van der Waals surface area (Å²) in [7, 11) is 0. The highest BCUT2D eigenvalue weighted by Gasteiger charge is 2.39. The minimum Gasteiger partial charge on any atom is -0.374 e. The Morgan fingerprint density at radius 2 is 2.19 bits per heavy atom. The zero-order valence-corrected chi connectivity index (χ0v) is 9.28. The van der Waals surface area contributed by atoms with Crippen molar-refractivity contribution in [2.75, 3.05) is 18.1 Å². The van der Waals surface area contributed by atoms with E-state index in [0.717, 1.165) is 26.2 Å². The van der Waals surface area contributed by atoms with Crippen molar-refractivity contribution in [2.45, 2.75) is 31.7 Å². The van der Waals surface area contributed by atoms with Gasteiger partial charge in [0.05, 0.1) is 18.8 Å². The van der Waals surface area contributed by atoms with Crippen LogP contribution in [0.25, 0.3) is 0 Å². The van der Waals surface area contributed by atoms with Crippen LogP contribution in [0.2, 0.25) is 0 Å². The van der Waals surface area contributed by atoms with Crippen LogP contribution >= 0.6 is 0 Å². The van der Waals surface area contributed by atoms with Gasteiger partial charge in [0.15, 0.2) is 0 Å². The molecule has 0 unspecified atom stereocenters. The number of rotatable bonds is 1. The lowest BCUT2D eigenvalue weighted by Gasteiger charge is -2.29. The third-order valence-electron chi connectivity index (χ3n) is 4.05. The Hall–Kier alpha value is -1.06.